The standard InChI is InChI=1S/C14H13ClFNO3S/c1-9-3-4-10(15)7-14(9)21(19,20)17(2)12-8-11(16)5-6-13(12)18/h3-8,18H,1-2H3. The molecule has 0 saturated heterocycles. The molecule has 4 nitrogen and oxygen atoms in total. The van der Waals surface area contributed by atoms with E-state index < -0.39 is 15.8 Å². The van der Waals surface area contributed by atoms with E-state index in [1.165, 1.54) is 13.1 Å². The largest absolute Gasteiger partial charge is 0.506 e. The van der Waals surface area contributed by atoms with E-state index in [-0.39, 0.29) is 21.4 Å². The first kappa shape index (κ1) is 15.6. The Labute approximate surface area is 127 Å². The highest BCUT2D eigenvalue weighted by Gasteiger charge is 2.25. The van der Waals surface area contributed by atoms with E-state index >= 15 is 0 Å². The molecule has 7 heteroatoms. The molecule has 2 rings (SSSR count). The lowest BCUT2D eigenvalue weighted by molar-refractivity contribution is 0.474. The van der Waals surface area contributed by atoms with Crippen LogP contribution < -0.4 is 4.31 Å². The highest BCUT2D eigenvalue weighted by atomic mass is 35.5. The summed E-state index contributed by atoms with van der Waals surface area (Å²) >= 11 is 5.84. The van der Waals surface area contributed by atoms with E-state index in [9.17, 15) is 17.9 Å². The first-order chi connectivity index (χ1) is 9.73. The summed E-state index contributed by atoms with van der Waals surface area (Å²) in [6.45, 7) is 1.63. The highest BCUT2D eigenvalue weighted by molar-refractivity contribution is 7.92. The summed E-state index contributed by atoms with van der Waals surface area (Å²) in [5.74, 6) is -0.977. The number of benzene rings is 2. The number of sulfonamides is 1. The SMILES string of the molecule is Cc1ccc(Cl)cc1S(=O)(=O)N(C)c1cc(F)ccc1O. The number of aryl methyl sites for hydroxylation is 1. The van der Waals surface area contributed by atoms with Crippen LogP contribution in [0.25, 0.3) is 0 Å². The molecule has 0 aliphatic heterocycles. The molecule has 0 radical (unpaired) electrons. The molecule has 0 heterocycles. The molecule has 0 aliphatic carbocycles. The predicted octanol–water partition coefficient (Wildman–Crippen LogP) is 3.32. The van der Waals surface area contributed by atoms with Crippen molar-refractivity contribution in [1.82, 2.24) is 0 Å². The van der Waals surface area contributed by atoms with Gasteiger partial charge in [-0.1, -0.05) is 17.7 Å². The van der Waals surface area contributed by atoms with Crippen LogP contribution in [0.15, 0.2) is 41.3 Å². The van der Waals surface area contributed by atoms with Crippen molar-refractivity contribution in [1.29, 1.82) is 0 Å². The quantitative estimate of drug-likeness (QED) is 0.939. The lowest BCUT2D eigenvalue weighted by Gasteiger charge is -2.21. The predicted molar refractivity (Wildman–Crippen MR) is 79.8 cm³/mol. The Hall–Kier alpha value is -1.79. The van der Waals surface area contributed by atoms with Crippen LogP contribution in [-0.4, -0.2) is 20.6 Å². The first-order valence-corrected chi connectivity index (χ1v) is 7.79. The van der Waals surface area contributed by atoms with Gasteiger partial charge in [-0.05, 0) is 36.8 Å². The van der Waals surface area contributed by atoms with Crippen LogP contribution in [0.1, 0.15) is 5.56 Å². The van der Waals surface area contributed by atoms with Gasteiger partial charge in [0.15, 0.2) is 0 Å². The molecule has 112 valence electrons. The minimum absolute atomic E-state index is 0.00108. The maximum absolute atomic E-state index is 13.3. The number of phenolic OH excluding ortho intramolecular Hbond substituents is 1. The molecule has 0 bridgehead atoms. The molecule has 0 aromatic heterocycles. The maximum Gasteiger partial charge on any atom is 0.264 e. The van der Waals surface area contributed by atoms with Gasteiger partial charge in [-0.25, -0.2) is 12.8 Å². The summed E-state index contributed by atoms with van der Waals surface area (Å²) in [6, 6.07) is 7.57. The number of hydrogen-bond donors (Lipinski definition) is 1. The second kappa shape index (κ2) is 5.54. The van der Waals surface area contributed by atoms with Crippen LogP contribution in [-0.2, 0) is 10.0 Å². The number of halogens is 2. The second-order valence-corrected chi connectivity index (χ2v) is 6.89. The van der Waals surface area contributed by atoms with E-state index in [1.807, 2.05) is 0 Å². The summed E-state index contributed by atoms with van der Waals surface area (Å²) in [5.41, 5.74) is 0.358. The van der Waals surface area contributed by atoms with Crippen LogP contribution >= 0.6 is 11.6 Å². The van der Waals surface area contributed by atoms with Gasteiger partial charge in [0, 0.05) is 18.1 Å². The Morgan fingerprint density at radius 1 is 1.19 bits per heavy atom. The zero-order chi connectivity index (χ0) is 15.8. The Kier molecular flexibility index (Phi) is 4.11. The van der Waals surface area contributed by atoms with Crippen molar-refractivity contribution in [2.45, 2.75) is 11.8 Å². The molecule has 0 aliphatic rings. The third-order valence-corrected chi connectivity index (χ3v) is 5.21. The fourth-order valence-corrected chi connectivity index (χ4v) is 3.57. The number of phenols is 1. The molecule has 0 saturated carbocycles. The Bertz CT molecular complexity index is 793. The molecular weight excluding hydrogens is 317 g/mol. The normalized spacial score (nSPS) is 11.4. The average Bonchev–Trinajstić information content (AvgIpc) is 2.43. The molecular formula is C14H13ClFNO3S. The van der Waals surface area contributed by atoms with E-state index in [0.29, 0.717) is 5.56 Å². The van der Waals surface area contributed by atoms with Crippen molar-refractivity contribution in [3.8, 4) is 5.75 Å². The number of aromatic hydroxyl groups is 1. The summed E-state index contributed by atoms with van der Waals surface area (Å²) < 4.78 is 39.3. The smallest absolute Gasteiger partial charge is 0.264 e. The summed E-state index contributed by atoms with van der Waals surface area (Å²) in [5, 5.41) is 10.0. The van der Waals surface area contributed by atoms with Crippen molar-refractivity contribution in [3.63, 3.8) is 0 Å². The Balaban J connectivity index is 2.58. The molecule has 21 heavy (non-hydrogen) atoms. The summed E-state index contributed by atoms with van der Waals surface area (Å²) in [4.78, 5) is 0.00108. The van der Waals surface area contributed by atoms with E-state index in [4.69, 9.17) is 11.6 Å². The molecule has 1 N–H and O–H groups in total. The van der Waals surface area contributed by atoms with Gasteiger partial charge >= 0.3 is 0 Å². The second-order valence-electron chi connectivity index (χ2n) is 4.52. The third-order valence-electron chi connectivity index (χ3n) is 3.07. The number of anilines is 1. The van der Waals surface area contributed by atoms with Crippen molar-refractivity contribution in [2.75, 3.05) is 11.4 Å². The van der Waals surface area contributed by atoms with Gasteiger partial charge in [0.1, 0.15) is 11.6 Å². The summed E-state index contributed by atoms with van der Waals surface area (Å²) in [6.07, 6.45) is 0. The Morgan fingerprint density at radius 2 is 1.86 bits per heavy atom. The first-order valence-electron chi connectivity index (χ1n) is 5.97. The zero-order valence-electron chi connectivity index (χ0n) is 11.3. The minimum Gasteiger partial charge on any atom is -0.506 e. The Morgan fingerprint density at radius 3 is 2.52 bits per heavy atom. The number of hydrogen-bond acceptors (Lipinski definition) is 3. The lowest BCUT2D eigenvalue weighted by atomic mass is 10.2. The fourth-order valence-electron chi connectivity index (χ4n) is 1.88. The van der Waals surface area contributed by atoms with Crippen LogP contribution in [0, 0.1) is 12.7 Å². The van der Waals surface area contributed by atoms with Gasteiger partial charge in [-0.3, -0.25) is 4.31 Å². The monoisotopic (exact) mass is 329 g/mol. The van der Waals surface area contributed by atoms with Gasteiger partial charge in [0.25, 0.3) is 10.0 Å². The third kappa shape index (κ3) is 2.96. The molecule has 0 unspecified atom stereocenters. The molecule has 2 aromatic rings. The van der Waals surface area contributed by atoms with Crippen molar-refractivity contribution < 1.29 is 17.9 Å². The average molecular weight is 330 g/mol. The van der Waals surface area contributed by atoms with Crippen molar-refractivity contribution in [3.05, 3.63) is 52.8 Å². The van der Waals surface area contributed by atoms with E-state index in [0.717, 1.165) is 22.5 Å². The van der Waals surface area contributed by atoms with Crippen LogP contribution in [0.5, 0.6) is 5.75 Å². The van der Waals surface area contributed by atoms with Gasteiger partial charge in [-0.2, -0.15) is 0 Å². The fraction of sp³-hybridized carbons (Fsp3) is 0.143. The van der Waals surface area contributed by atoms with Gasteiger partial charge in [-0.15, -0.1) is 0 Å². The zero-order valence-corrected chi connectivity index (χ0v) is 12.9. The van der Waals surface area contributed by atoms with Crippen molar-refractivity contribution >= 4 is 27.3 Å². The lowest BCUT2D eigenvalue weighted by Crippen LogP contribution is -2.27. The minimum atomic E-state index is -3.96. The topological polar surface area (TPSA) is 57.6 Å². The van der Waals surface area contributed by atoms with E-state index in [1.54, 1.807) is 19.1 Å². The van der Waals surface area contributed by atoms with Crippen LogP contribution in [0.2, 0.25) is 5.02 Å². The van der Waals surface area contributed by atoms with Crippen molar-refractivity contribution in [2.24, 2.45) is 0 Å². The number of nitrogens with zero attached hydrogens (tertiary/aromatic N) is 1. The van der Waals surface area contributed by atoms with Crippen LogP contribution in [0.3, 0.4) is 0 Å². The number of rotatable bonds is 3. The van der Waals surface area contributed by atoms with Gasteiger partial charge < -0.3 is 5.11 Å². The molecule has 0 atom stereocenters. The highest BCUT2D eigenvalue weighted by Crippen LogP contribution is 2.32. The molecule has 0 fully saturated rings. The maximum atomic E-state index is 13.3. The van der Waals surface area contributed by atoms with Gasteiger partial charge in [0.05, 0.1) is 10.6 Å². The van der Waals surface area contributed by atoms with E-state index in [2.05, 4.69) is 0 Å². The molecule has 0 spiro atoms. The molecule has 2 aromatic carbocycles. The van der Waals surface area contributed by atoms with Gasteiger partial charge in [0.2, 0.25) is 0 Å². The summed E-state index contributed by atoms with van der Waals surface area (Å²) in [7, 11) is -2.72. The van der Waals surface area contributed by atoms with Crippen LogP contribution in [0.4, 0.5) is 10.1 Å². The molecule has 0 amide bonds.